The van der Waals surface area contributed by atoms with Gasteiger partial charge in [-0.3, -0.25) is 0 Å². The fourth-order valence-electron chi connectivity index (χ4n) is 4.58. The van der Waals surface area contributed by atoms with Crippen molar-refractivity contribution in [3.05, 3.63) is 41.9 Å². The van der Waals surface area contributed by atoms with Crippen LogP contribution in [0, 0.1) is 11.8 Å². The second-order valence-corrected chi connectivity index (χ2v) is 9.56. The topological polar surface area (TPSA) is 67.5 Å². The van der Waals surface area contributed by atoms with Crippen molar-refractivity contribution >= 4 is 16.9 Å². The third kappa shape index (κ3) is 4.88. The van der Waals surface area contributed by atoms with Crippen LogP contribution in [0.15, 0.2) is 35.1 Å². The molecule has 1 aliphatic heterocycles. The number of anilines is 1. The van der Waals surface area contributed by atoms with Crippen LogP contribution in [0.2, 0.25) is 0 Å². The second kappa shape index (κ2) is 9.45. The summed E-state index contributed by atoms with van der Waals surface area (Å²) < 4.78 is 12.0. The predicted molar refractivity (Wildman–Crippen MR) is 125 cm³/mol. The first-order valence-corrected chi connectivity index (χ1v) is 11.9. The third-order valence-corrected chi connectivity index (χ3v) is 6.66. The Morgan fingerprint density at radius 1 is 1.06 bits per heavy atom. The Bertz CT molecular complexity index is 1020. The molecule has 0 atom stereocenters. The van der Waals surface area contributed by atoms with E-state index in [-0.39, 0.29) is 0 Å². The van der Waals surface area contributed by atoms with Crippen LogP contribution < -0.4 is 9.64 Å². The highest BCUT2D eigenvalue weighted by Crippen LogP contribution is 2.35. The molecule has 2 aromatic heterocycles. The number of piperidine rings is 1. The monoisotopic (exact) mass is 435 g/mol. The van der Waals surface area contributed by atoms with Gasteiger partial charge in [0.25, 0.3) is 0 Å². The van der Waals surface area contributed by atoms with Crippen LogP contribution in [0.25, 0.3) is 11.0 Å². The van der Waals surface area contributed by atoms with Crippen molar-refractivity contribution in [2.45, 2.75) is 45.1 Å². The van der Waals surface area contributed by atoms with Gasteiger partial charge < -0.3 is 19.1 Å². The molecule has 0 N–H and O–H groups in total. The molecule has 7 heteroatoms. The van der Waals surface area contributed by atoms with E-state index in [1.807, 2.05) is 18.5 Å². The van der Waals surface area contributed by atoms with Crippen molar-refractivity contribution in [1.29, 1.82) is 0 Å². The Labute approximate surface area is 189 Å². The van der Waals surface area contributed by atoms with Gasteiger partial charge in [-0.1, -0.05) is 5.16 Å². The fraction of sp³-hybridized carbons (Fsp3) is 0.560. The minimum Gasteiger partial charge on any atom is -0.493 e. The SMILES string of the molecule is CN(C)Cc1c(OCC2CC2)ccc2c(CCC3CCN(c4ncccn4)CC3)noc12. The van der Waals surface area contributed by atoms with Crippen LogP contribution >= 0.6 is 0 Å². The lowest BCUT2D eigenvalue weighted by atomic mass is 9.91. The van der Waals surface area contributed by atoms with E-state index in [9.17, 15) is 0 Å². The van der Waals surface area contributed by atoms with Crippen molar-refractivity contribution in [1.82, 2.24) is 20.0 Å². The molecule has 2 aliphatic rings. The molecule has 0 bridgehead atoms. The standard InChI is InChI=1S/C25H33N5O2/c1-29(2)16-21-23(31-17-19-4-5-19)9-7-20-22(28-32-24(20)21)8-6-18-10-14-30(15-11-18)25-26-12-3-13-27-25/h3,7,9,12-13,18-19H,4-6,8,10-11,14-17H2,1-2H3. The smallest absolute Gasteiger partial charge is 0.225 e. The van der Waals surface area contributed by atoms with Gasteiger partial charge in [0, 0.05) is 37.4 Å². The Balaban J connectivity index is 1.24. The van der Waals surface area contributed by atoms with Crippen LogP contribution in [0.4, 0.5) is 5.95 Å². The molecule has 0 amide bonds. The molecular weight excluding hydrogens is 402 g/mol. The number of rotatable bonds is 9. The first kappa shape index (κ1) is 21.2. The van der Waals surface area contributed by atoms with Crippen molar-refractivity contribution in [2.24, 2.45) is 11.8 Å². The van der Waals surface area contributed by atoms with Crippen LogP contribution in [0.5, 0.6) is 5.75 Å². The molecule has 1 aromatic carbocycles. The zero-order valence-electron chi connectivity index (χ0n) is 19.2. The predicted octanol–water partition coefficient (Wildman–Crippen LogP) is 4.32. The molecule has 1 saturated carbocycles. The van der Waals surface area contributed by atoms with Crippen molar-refractivity contribution < 1.29 is 9.26 Å². The lowest BCUT2D eigenvalue weighted by molar-refractivity contribution is 0.289. The highest BCUT2D eigenvalue weighted by atomic mass is 16.5. The van der Waals surface area contributed by atoms with Crippen molar-refractivity contribution in [3.63, 3.8) is 0 Å². The van der Waals surface area contributed by atoms with E-state index in [4.69, 9.17) is 9.26 Å². The number of fused-ring (bicyclic) bond motifs is 1. The zero-order chi connectivity index (χ0) is 21.9. The number of hydrogen-bond donors (Lipinski definition) is 0. The maximum absolute atomic E-state index is 6.15. The number of aromatic nitrogens is 3. The van der Waals surface area contributed by atoms with E-state index in [2.05, 4.69) is 51.2 Å². The van der Waals surface area contributed by atoms with Gasteiger partial charge in [0.1, 0.15) is 5.75 Å². The molecule has 0 radical (unpaired) electrons. The summed E-state index contributed by atoms with van der Waals surface area (Å²) in [6.45, 7) is 3.62. The highest BCUT2D eigenvalue weighted by molar-refractivity contribution is 5.84. The summed E-state index contributed by atoms with van der Waals surface area (Å²) >= 11 is 0. The molecule has 0 spiro atoms. The fourth-order valence-corrected chi connectivity index (χ4v) is 4.58. The van der Waals surface area contributed by atoms with E-state index in [1.165, 1.54) is 25.7 Å². The van der Waals surface area contributed by atoms with Crippen LogP contribution in [-0.4, -0.2) is 53.8 Å². The molecule has 32 heavy (non-hydrogen) atoms. The summed E-state index contributed by atoms with van der Waals surface area (Å²) in [5, 5.41) is 5.61. The molecule has 1 aliphatic carbocycles. The highest BCUT2D eigenvalue weighted by Gasteiger charge is 2.25. The van der Waals surface area contributed by atoms with Gasteiger partial charge in [-0.2, -0.15) is 0 Å². The minimum atomic E-state index is 0.698. The van der Waals surface area contributed by atoms with Gasteiger partial charge in [0.05, 0.1) is 17.9 Å². The molecule has 2 fully saturated rings. The molecule has 7 nitrogen and oxygen atoms in total. The summed E-state index contributed by atoms with van der Waals surface area (Å²) in [6, 6.07) is 6.12. The van der Waals surface area contributed by atoms with E-state index >= 15 is 0 Å². The largest absolute Gasteiger partial charge is 0.493 e. The van der Waals surface area contributed by atoms with Crippen molar-refractivity contribution in [3.8, 4) is 5.75 Å². The van der Waals surface area contributed by atoms with Crippen molar-refractivity contribution in [2.75, 3.05) is 38.7 Å². The van der Waals surface area contributed by atoms with Gasteiger partial charge in [-0.05, 0) is 82.7 Å². The van der Waals surface area contributed by atoms with Gasteiger partial charge in [0.15, 0.2) is 5.58 Å². The zero-order valence-corrected chi connectivity index (χ0v) is 19.2. The summed E-state index contributed by atoms with van der Waals surface area (Å²) in [5.74, 6) is 3.21. The second-order valence-electron chi connectivity index (χ2n) is 9.56. The van der Waals surface area contributed by atoms with Gasteiger partial charge in [0.2, 0.25) is 5.95 Å². The van der Waals surface area contributed by atoms with Gasteiger partial charge >= 0.3 is 0 Å². The minimum absolute atomic E-state index is 0.698. The van der Waals surface area contributed by atoms with E-state index < -0.39 is 0 Å². The lowest BCUT2D eigenvalue weighted by Crippen LogP contribution is -2.34. The molecular formula is C25H33N5O2. The van der Waals surface area contributed by atoms with Gasteiger partial charge in [-0.25, -0.2) is 9.97 Å². The summed E-state index contributed by atoms with van der Waals surface area (Å²) in [5.41, 5.74) is 3.07. The number of nitrogens with zero attached hydrogens (tertiary/aromatic N) is 5. The average molecular weight is 436 g/mol. The Morgan fingerprint density at radius 2 is 1.84 bits per heavy atom. The summed E-state index contributed by atoms with van der Waals surface area (Å²) in [6.07, 6.45) is 10.6. The molecule has 5 rings (SSSR count). The van der Waals surface area contributed by atoms with Crippen LogP contribution in [0.1, 0.15) is 43.4 Å². The molecule has 1 saturated heterocycles. The third-order valence-electron chi connectivity index (χ3n) is 6.66. The first-order chi connectivity index (χ1) is 15.7. The summed E-state index contributed by atoms with van der Waals surface area (Å²) in [4.78, 5) is 13.2. The molecule has 3 aromatic rings. The molecule has 0 unspecified atom stereocenters. The Hall–Kier alpha value is -2.67. The number of benzene rings is 1. The van der Waals surface area contributed by atoms with Crippen LogP contribution in [-0.2, 0) is 13.0 Å². The normalized spacial score (nSPS) is 17.4. The first-order valence-electron chi connectivity index (χ1n) is 11.9. The van der Waals surface area contributed by atoms with E-state index in [0.717, 1.165) is 78.9 Å². The number of ether oxygens (including phenoxy) is 1. The Kier molecular flexibility index (Phi) is 6.26. The quantitative estimate of drug-likeness (QED) is 0.496. The van der Waals surface area contributed by atoms with E-state index in [1.54, 1.807) is 0 Å². The van der Waals surface area contributed by atoms with Gasteiger partial charge in [-0.15, -0.1) is 0 Å². The lowest BCUT2D eigenvalue weighted by Gasteiger charge is -2.31. The molecule has 170 valence electrons. The maximum atomic E-state index is 6.15. The maximum Gasteiger partial charge on any atom is 0.225 e. The average Bonchev–Trinajstić information content (AvgIpc) is 3.55. The van der Waals surface area contributed by atoms with E-state index in [0.29, 0.717) is 5.92 Å². The van der Waals surface area contributed by atoms with Crippen LogP contribution in [0.3, 0.4) is 0 Å². The molecule has 3 heterocycles. The summed E-state index contributed by atoms with van der Waals surface area (Å²) in [7, 11) is 4.15. The number of aryl methyl sites for hydroxylation is 1. The Morgan fingerprint density at radius 3 is 2.56 bits per heavy atom. The number of hydrogen-bond acceptors (Lipinski definition) is 7.